The van der Waals surface area contributed by atoms with Gasteiger partial charge in [-0.2, -0.15) is 13.2 Å². The van der Waals surface area contributed by atoms with Crippen LogP contribution in [-0.2, 0) is 29.8 Å². The first kappa shape index (κ1) is 24.5. The van der Waals surface area contributed by atoms with Crippen LogP contribution in [0.15, 0.2) is 24.3 Å². The van der Waals surface area contributed by atoms with Gasteiger partial charge in [0.25, 0.3) is 0 Å². The number of benzene rings is 1. The maximum Gasteiger partial charge on any atom is 0.416 e. The molecule has 0 N–H and O–H groups in total. The lowest BCUT2D eigenvalue weighted by Crippen LogP contribution is -2.27. The van der Waals surface area contributed by atoms with Gasteiger partial charge in [-0.1, -0.05) is 12.1 Å². The number of hydrogen-bond acceptors (Lipinski definition) is 4. The molecular formula is C24H32ClF3N4O. The number of unbranched alkanes of at least 4 members (excludes halogenated alkanes) is 1. The third-order valence-electron chi connectivity index (χ3n) is 7.71. The summed E-state index contributed by atoms with van der Waals surface area (Å²) in [5, 5.41) is 8.88. The van der Waals surface area contributed by atoms with Gasteiger partial charge < -0.3 is 14.2 Å². The fourth-order valence-corrected chi connectivity index (χ4v) is 5.72. The molecule has 3 aliphatic rings. The minimum Gasteiger partial charge on any atom is -0.381 e. The third kappa shape index (κ3) is 4.93. The molecule has 1 saturated carbocycles. The van der Waals surface area contributed by atoms with E-state index in [-0.39, 0.29) is 17.8 Å². The lowest BCUT2D eigenvalue weighted by molar-refractivity contribution is -0.137. The molecule has 1 aromatic carbocycles. The van der Waals surface area contributed by atoms with Crippen LogP contribution in [-0.4, -0.2) is 52.5 Å². The predicted octanol–water partition coefficient (Wildman–Crippen LogP) is 4.75. The first-order valence-corrected chi connectivity index (χ1v) is 11.7. The standard InChI is InChI=1S/C24H31F3N4O.ClH/c1-30-21(28-29-22(30)17-9-12-32-13-10-17)4-2-3-11-31-15-20-14-23(20,16-31)18-5-7-19(8-6-18)24(25,26)27;/h5-8,17,20H,2-4,9-16H2,1H3;1H/t20-,23+;/m0./s1. The summed E-state index contributed by atoms with van der Waals surface area (Å²) in [7, 11) is 2.07. The van der Waals surface area contributed by atoms with Crippen molar-refractivity contribution in [2.24, 2.45) is 13.0 Å². The molecule has 0 unspecified atom stereocenters. The van der Waals surface area contributed by atoms with Crippen LogP contribution in [0.4, 0.5) is 13.2 Å². The molecule has 3 heterocycles. The van der Waals surface area contributed by atoms with Gasteiger partial charge in [-0.15, -0.1) is 22.6 Å². The van der Waals surface area contributed by atoms with Crippen molar-refractivity contribution in [3.05, 3.63) is 47.0 Å². The first-order valence-electron chi connectivity index (χ1n) is 11.7. The van der Waals surface area contributed by atoms with E-state index in [1.54, 1.807) is 12.1 Å². The molecule has 2 aromatic rings. The summed E-state index contributed by atoms with van der Waals surface area (Å²) in [6, 6.07) is 5.85. The van der Waals surface area contributed by atoms with Crippen LogP contribution in [0.3, 0.4) is 0 Å². The van der Waals surface area contributed by atoms with Crippen molar-refractivity contribution in [2.75, 3.05) is 32.8 Å². The maximum atomic E-state index is 12.9. The van der Waals surface area contributed by atoms with E-state index >= 15 is 0 Å². The average Bonchev–Trinajstić information content (AvgIpc) is 3.16. The van der Waals surface area contributed by atoms with Crippen LogP contribution in [0.5, 0.6) is 0 Å². The van der Waals surface area contributed by atoms with E-state index in [2.05, 4.69) is 26.7 Å². The second-order valence-electron chi connectivity index (χ2n) is 9.74. The highest BCUT2D eigenvalue weighted by atomic mass is 35.5. The topological polar surface area (TPSA) is 43.2 Å². The molecule has 182 valence electrons. The number of rotatable bonds is 7. The smallest absolute Gasteiger partial charge is 0.381 e. The van der Waals surface area contributed by atoms with Crippen LogP contribution in [0.25, 0.3) is 0 Å². The van der Waals surface area contributed by atoms with E-state index in [4.69, 9.17) is 4.74 Å². The lowest BCUT2D eigenvalue weighted by atomic mass is 9.94. The lowest BCUT2D eigenvalue weighted by Gasteiger charge is -2.21. The van der Waals surface area contributed by atoms with Crippen LogP contribution >= 0.6 is 12.4 Å². The molecule has 5 rings (SSSR count). The van der Waals surface area contributed by atoms with Gasteiger partial charge in [-0.25, -0.2) is 0 Å². The van der Waals surface area contributed by atoms with Gasteiger partial charge in [-0.3, -0.25) is 0 Å². The Labute approximate surface area is 199 Å². The Hall–Kier alpha value is -1.64. The fourth-order valence-electron chi connectivity index (χ4n) is 5.72. The van der Waals surface area contributed by atoms with Crippen molar-refractivity contribution in [2.45, 2.75) is 56.0 Å². The molecular weight excluding hydrogens is 453 g/mol. The van der Waals surface area contributed by atoms with Gasteiger partial charge in [0, 0.05) is 51.1 Å². The summed E-state index contributed by atoms with van der Waals surface area (Å²) < 4.78 is 46.2. The number of aryl methyl sites for hydroxylation is 1. The minimum absolute atomic E-state index is 0. The second-order valence-corrected chi connectivity index (χ2v) is 9.74. The predicted molar refractivity (Wildman–Crippen MR) is 122 cm³/mol. The molecule has 3 fully saturated rings. The Bertz CT molecular complexity index is 942. The number of nitrogens with zero attached hydrogens (tertiary/aromatic N) is 4. The van der Waals surface area contributed by atoms with E-state index in [1.165, 1.54) is 12.1 Å². The molecule has 0 radical (unpaired) electrons. The Balaban J connectivity index is 0.00000259. The van der Waals surface area contributed by atoms with Crippen molar-refractivity contribution in [1.29, 1.82) is 0 Å². The Kier molecular flexibility index (Phi) is 7.08. The molecule has 33 heavy (non-hydrogen) atoms. The Morgan fingerprint density at radius 1 is 1.09 bits per heavy atom. The van der Waals surface area contributed by atoms with Crippen LogP contribution in [0.2, 0.25) is 0 Å². The number of hydrogen-bond donors (Lipinski definition) is 0. The largest absolute Gasteiger partial charge is 0.416 e. The van der Waals surface area contributed by atoms with E-state index in [0.29, 0.717) is 11.8 Å². The molecule has 2 saturated heterocycles. The summed E-state index contributed by atoms with van der Waals surface area (Å²) in [6.07, 6.45) is 1.95. The van der Waals surface area contributed by atoms with Gasteiger partial charge in [0.05, 0.1) is 5.56 Å². The van der Waals surface area contributed by atoms with Gasteiger partial charge in [0.1, 0.15) is 11.6 Å². The highest BCUT2D eigenvalue weighted by Crippen LogP contribution is 2.59. The number of halogens is 4. The zero-order valence-electron chi connectivity index (χ0n) is 19.0. The summed E-state index contributed by atoms with van der Waals surface area (Å²) in [4.78, 5) is 2.48. The quantitative estimate of drug-likeness (QED) is 0.532. The summed E-state index contributed by atoms with van der Waals surface area (Å²) in [5.41, 5.74) is 0.581. The Morgan fingerprint density at radius 3 is 2.52 bits per heavy atom. The van der Waals surface area contributed by atoms with Gasteiger partial charge in [0.15, 0.2) is 0 Å². The van der Waals surface area contributed by atoms with Crippen LogP contribution in [0.1, 0.15) is 60.8 Å². The summed E-state index contributed by atoms with van der Waals surface area (Å²) in [5.74, 6) is 3.17. The number of likely N-dealkylation sites (tertiary alicyclic amines) is 1. The van der Waals surface area contributed by atoms with Crippen molar-refractivity contribution >= 4 is 12.4 Å². The van der Waals surface area contributed by atoms with Gasteiger partial charge in [-0.05, 0) is 62.3 Å². The molecule has 1 aliphatic carbocycles. The number of alkyl halides is 3. The van der Waals surface area contributed by atoms with Crippen molar-refractivity contribution < 1.29 is 17.9 Å². The maximum absolute atomic E-state index is 12.9. The molecule has 0 spiro atoms. The van der Waals surface area contributed by atoms with Crippen molar-refractivity contribution in [3.63, 3.8) is 0 Å². The molecule has 2 aliphatic heterocycles. The normalized spacial score (nSPS) is 25.6. The summed E-state index contributed by atoms with van der Waals surface area (Å²) >= 11 is 0. The van der Waals surface area contributed by atoms with E-state index < -0.39 is 11.7 Å². The molecule has 1 aromatic heterocycles. The number of piperidine rings is 1. The Morgan fingerprint density at radius 2 is 1.82 bits per heavy atom. The highest BCUT2D eigenvalue weighted by Gasteiger charge is 2.60. The van der Waals surface area contributed by atoms with E-state index in [0.717, 1.165) is 88.6 Å². The zero-order valence-corrected chi connectivity index (χ0v) is 19.8. The summed E-state index contributed by atoms with van der Waals surface area (Å²) in [6.45, 7) is 4.65. The average molecular weight is 485 g/mol. The van der Waals surface area contributed by atoms with Crippen LogP contribution < -0.4 is 0 Å². The van der Waals surface area contributed by atoms with E-state index in [9.17, 15) is 13.2 Å². The second kappa shape index (κ2) is 9.55. The number of fused-ring (bicyclic) bond motifs is 1. The van der Waals surface area contributed by atoms with E-state index in [1.807, 2.05) is 0 Å². The zero-order chi connectivity index (χ0) is 22.3. The monoisotopic (exact) mass is 484 g/mol. The highest BCUT2D eigenvalue weighted by molar-refractivity contribution is 5.85. The van der Waals surface area contributed by atoms with Crippen molar-refractivity contribution in [1.82, 2.24) is 19.7 Å². The number of ether oxygens (including phenoxy) is 1. The molecule has 5 nitrogen and oxygen atoms in total. The molecule has 9 heteroatoms. The van der Waals surface area contributed by atoms with Crippen LogP contribution in [0, 0.1) is 5.92 Å². The minimum atomic E-state index is -4.27. The molecule has 0 amide bonds. The molecule has 2 atom stereocenters. The number of aromatic nitrogens is 3. The first-order chi connectivity index (χ1) is 15.4. The van der Waals surface area contributed by atoms with Gasteiger partial charge in [0.2, 0.25) is 0 Å². The third-order valence-corrected chi connectivity index (χ3v) is 7.71. The molecule has 0 bridgehead atoms. The van der Waals surface area contributed by atoms with Crippen molar-refractivity contribution in [3.8, 4) is 0 Å². The SMILES string of the molecule is Cl.Cn1c(CCCCN2C[C@@H]3C[C@]3(c3ccc(C(F)(F)F)cc3)C2)nnc1C1CCOCC1. The fraction of sp³-hybridized carbons (Fsp3) is 0.667. The van der Waals surface area contributed by atoms with Gasteiger partial charge >= 0.3 is 6.18 Å².